The Bertz CT molecular complexity index is 255. The number of carboxylic acid groups (broad SMARTS) is 1. The van der Waals surface area contributed by atoms with Crippen LogP contribution in [0.5, 0.6) is 0 Å². The second-order valence-corrected chi connectivity index (χ2v) is 2.80. The van der Waals surface area contributed by atoms with Crippen LogP contribution in [0.3, 0.4) is 0 Å². The molecule has 0 spiro atoms. The Morgan fingerprint density at radius 3 is 2.33 bits per heavy atom. The van der Waals surface area contributed by atoms with E-state index in [1.54, 1.807) is 0 Å². The molecule has 0 bridgehead atoms. The zero-order valence-electron chi connectivity index (χ0n) is 7.90. The Kier molecular flexibility index (Phi) is 5.99. The highest BCUT2D eigenvalue weighted by Crippen LogP contribution is 1.91. The number of hydrogen-bond acceptors (Lipinski definition) is 5. The largest absolute Gasteiger partial charge is 0.480 e. The summed E-state index contributed by atoms with van der Waals surface area (Å²) in [6, 6.07) is -1.12. The van der Waals surface area contributed by atoms with Gasteiger partial charge in [0.15, 0.2) is 0 Å². The predicted molar refractivity (Wildman–Crippen MR) is 47.8 cm³/mol. The second kappa shape index (κ2) is 6.74. The van der Waals surface area contributed by atoms with Crippen LogP contribution in [0.2, 0.25) is 0 Å². The van der Waals surface area contributed by atoms with E-state index in [2.05, 4.69) is 5.32 Å². The molecule has 86 valence electrons. The number of carboxylic acids is 1. The Morgan fingerprint density at radius 1 is 1.33 bits per heavy atom. The predicted octanol–water partition coefficient (Wildman–Crippen LogP) is -2.20. The minimum atomic E-state index is -1.22. The van der Waals surface area contributed by atoms with Gasteiger partial charge in [-0.15, -0.1) is 0 Å². The van der Waals surface area contributed by atoms with E-state index in [4.69, 9.17) is 16.0 Å². The number of nitrogens with one attached hydrogen (secondary N) is 2. The van der Waals surface area contributed by atoms with Crippen molar-refractivity contribution in [2.24, 2.45) is 5.73 Å². The number of hydroxylamine groups is 1. The molecule has 0 rings (SSSR count). The summed E-state index contributed by atoms with van der Waals surface area (Å²) >= 11 is 0. The number of primary amides is 1. The molecular formula is C7H13N3O5. The van der Waals surface area contributed by atoms with E-state index >= 15 is 0 Å². The van der Waals surface area contributed by atoms with Crippen LogP contribution in [0.15, 0.2) is 0 Å². The highest BCUT2D eigenvalue weighted by atomic mass is 16.5. The lowest BCUT2D eigenvalue weighted by atomic mass is 10.2. The van der Waals surface area contributed by atoms with Crippen molar-refractivity contribution in [3.63, 3.8) is 0 Å². The van der Waals surface area contributed by atoms with E-state index in [1.165, 1.54) is 5.48 Å². The molecular weight excluding hydrogens is 206 g/mol. The first kappa shape index (κ1) is 13.3. The van der Waals surface area contributed by atoms with Crippen molar-refractivity contribution >= 4 is 17.8 Å². The summed E-state index contributed by atoms with van der Waals surface area (Å²) < 4.78 is 0. The summed E-state index contributed by atoms with van der Waals surface area (Å²) in [5.41, 5.74) is 6.22. The molecule has 0 unspecified atom stereocenters. The van der Waals surface area contributed by atoms with Crippen LogP contribution in [-0.2, 0) is 14.4 Å². The molecule has 0 aromatic carbocycles. The third-order valence-electron chi connectivity index (χ3n) is 1.57. The van der Waals surface area contributed by atoms with Gasteiger partial charge in [-0.1, -0.05) is 0 Å². The third kappa shape index (κ3) is 6.41. The van der Waals surface area contributed by atoms with Gasteiger partial charge in [0.05, 0.1) is 6.42 Å². The van der Waals surface area contributed by atoms with E-state index in [9.17, 15) is 14.4 Å². The van der Waals surface area contributed by atoms with Crippen molar-refractivity contribution < 1.29 is 24.7 Å². The van der Waals surface area contributed by atoms with Gasteiger partial charge in [0.2, 0.25) is 11.8 Å². The molecule has 0 aromatic heterocycles. The van der Waals surface area contributed by atoms with E-state index in [0.29, 0.717) is 0 Å². The van der Waals surface area contributed by atoms with Crippen molar-refractivity contribution in [3.8, 4) is 0 Å². The van der Waals surface area contributed by atoms with Crippen LogP contribution in [0, 0.1) is 0 Å². The summed E-state index contributed by atoms with van der Waals surface area (Å²) in [4.78, 5) is 31.6. The Labute approximate surface area is 85.4 Å². The van der Waals surface area contributed by atoms with Crippen LogP contribution >= 0.6 is 0 Å². The van der Waals surface area contributed by atoms with Crippen molar-refractivity contribution in [3.05, 3.63) is 0 Å². The summed E-state index contributed by atoms with van der Waals surface area (Å²) in [6.07, 6.45) is -0.449. The number of hydrogen-bond donors (Lipinski definition) is 5. The second-order valence-electron chi connectivity index (χ2n) is 2.80. The van der Waals surface area contributed by atoms with Gasteiger partial charge < -0.3 is 16.2 Å². The first-order valence-electron chi connectivity index (χ1n) is 4.14. The number of carbonyl (C=O) groups is 3. The monoisotopic (exact) mass is 219 g/mol. The summed E-state index contributed by atoms with van der Waals surface area (Å²) in [7, 11) is 0. The molecule has 6 N–H and O–H groups in total. The third-order valence-corrected chi connectivity index (χ3v) is 1.57. The molecule has 15 heavy (non-hydrogen) atoms. The number of rotatable bonds is 7. The minimum absolute atomic E-state index is 0.0244. The van der Waals surface area contributed by atoms with Crippen LogP contribution in [-0.4, -0.2) is 40.7 Å². The van der Waals surface area contributed by atoms with E-state index in [1.807, 2.05) is 0 Å². The first-order valence-corrected chi connectivity index (χ1v) is 4.14. The zero-order valence-corrected chi connectivity index (χ0v) is 7.90. The lowest BCUT2D eigenvalue weighted by molar-refractivity contribution is -0.141. The standard InChI is InChI=1S/C7H13N3O5/c8-5(11)3-4(7(13)14)9-2-1-6(12)10-15/h4,9,15H,1-3H2,(H2,8,11)(H,10,12)(H,13,14)/t4-/m0/s1. The summed E-state index contributed by atoms with van der Waals surface area (Å²) in [5.74, 6) is -2.62. The maximum absolute atomic E-state index is 10.6. The van der Waals surface area contributed by atoms with E-state index in [-0.39, 0.29) is 19.4 Å². The Hall–Kier alpha value is -1.67. The molecule has 0 radical (unpaired) electrons. The van der Waals surface area contributed by atoms with Gasteiger partial charge in [0.1, 0.15) is 6.04 Å². The minimum Gasteiger partial charge on any atom is -0.480 e. The van der Waals surface area contributed by atoms with Gasteiger partial charge in [-0.3, -0.25) is 19.6 Å². The van der Waals surface area contributed by atoms with Gasteiger partial charge in [-0.25, -0.2) is 5.48 Å². The lowest BCUT2D eigenvalue weighted by Crippen LogP contribution is -2.41. The maximum Gasteiger partial charge on any atom is 0.321 e. The molecule has 0 aliphatic carbocycles. The average Bonchev–Trinajstić information content (AvgIpc) is 2.15. The molecule has 0 aliphatic rings. The summed E-state index contributed by atoms with van der Waals surface area (Å²) in [6.45, 7) is 0.0244. The molecule has 0 fully saturated rings. The Morgan fingerprint density at radius 2 is 1.93 bits per heavy atom. The van der Waals surface area contributed by atoms with Gasteiger partial charge in [-0.2, -0.15) is 0 Å². The van der Waals surface area contributed by atoms with Crippen LogP contribution in [0.4, 0.5) is 0 Å². The fourth-order valence-electron chi connectivity index (χ4n) is 0.864. The normalized spacial score (nSPS) is 11.8. The molecule has 0 aliphatic heterocycles. The quantitative estimate of drug-likeness (QED) is 0.243. The Balaban J connectivity index is 3.91. The van der Waals surface area contributed by atoms with E-state index in [0.717, 1.165) is 0 Å². The van der Waals surface area contributed by atoms with Crippen LogP contribution in [0.1, 0.15) is 12.8 Å². The number of amides is 2. The van der Waals surface area contributed by atoms with Crippen LogP contribution < -0.4 is 16.5 Å². The van der Waals surface area contributed by atoms with Crippen LogP contribution in [0.25, 0.3) is 0 Å². The fourth-order valence-corrected chi connectivity index (χ4v) is 0.864. The lowest BCUT2D eigenvalue weighted by Gasteiger charge is -2.11. The first-order chi connectivity index (χ1) is 6.97. The van der Waals surface area contributed by atoms with Crippen molar-refractivity contribution in [2.75, 3.05) is 6.54 Å². The number of aliphatic carboxylic acids is 1. The molecule has 0 saturated carbocycles. The molecule has 8 nitrogen and oxygen atoms in total. The maximum atomic E-state index is 10.6. The van der Waals surface area contributed by atoms with Crippen molar-refractivity contribution in [1.82, 2.24) is 10.8 Å². The molecule has 0 aromatic rings. The van der Waals surface area contributed by atoms with Gasteiger partial charge in [0.25, 0.3) is 0 Å². The zero-order chi connectivity index (χ0) is 11.8. The molecule has 1 atom stereocenters. The SMILES string of the molecule is NC(=O)C[C@H](NCCC(=O)NO)C(=O)O. The highest BCUT2D eigenvalue weighted by molar-refractivity contribution is 5.83. The molecule has 8 heteroatoms. The number of nitrogens with two attached hydrogens (primary N) is 1. The van der Waals surface area contributed by atoms with Gasteiger partial charge in [-0.05, 0) is 0 Å². The van der Waals surface area contributed by atoms with Gasteiger partial charge >= 0.3 is 5.97 Å². The van der Waals surface area contributed by atoms with Gasteiger partial charge in [0, 0.05) is 13.0 Å². The van der Waals surface area contributed by atoms with E-state index < -0.39 is 23.8 Å². The number of carbonyl (C=O) groups excluding carboxylic acids is 2. The average molecular weight is 219 g/mol. The topological polar surface area (TPSA) is 142 Å². The van der Waals surface area contributed by atoms with Crippen molar-refractivity contribution in [1.29, 1.82) is 0 Å². The molecule has 2 amide bonds. The molecule has 0 heterocycles. The molecule has 0 saturated heterocycles. The smallest absolute Gasteiger partial charge is 0.321 e. The fraction of sp³-hybridized carbons (Fsp3) is 0.571. The highest BCUT2D eigenvalue weighted by Gasteiger charge is 2.19. The summed E-state index contributed by atoms with van der Waals surface area (Å²) in [5, 5.41) is 19.2. The van der Waals surface area contributed by atoms with Crippen molar-refractivity contribution in [2.45, 2.75) is 18.9 Å².